The third-order valence-electron chi connectivity index (χ3n) is 6.29. The van der Waals surface area contributed by atoms with E-state index in [0.29, 0.717) is 5.92 Å². The first-order valence-electron chi connectivity index (χ1n) is 10.4. The molecular weight excluding hydrogens is 383 g/mol. The summed E-state index contributed by atoms with van der Waals surface area (Å²) in [7, 11) is 2.07. The molecule has 0 bridgehead atoms. The first kappa shape index (κ1) is 20.0. The lowest BCUT2D eigenvalue weighted by atomic mass is 9.89. The number of nitrogens with zero attached hydrogens (tertiary/aromatic N) is 2. The highest BCUT2D eigenvalue weighted by atomic mass is 35.5. The molecule has 0 radical (unpaired) electrons. The molecule has 1 aromatic heterocycles. The standard InChI is InChI=1S/C25H28ClFN2/c1-4-20-16-28(3)25-15-24(26)22(14-23(20)25)17(2)29-11-9-19(10-12-29)13-18-5-7-21(27)8-6-18/h5-8,14-16,19H,2,4,9-13H2,1,3H3. The van der Waals surface area contributed by atoms with Crippen LogP contribution in [-0.2, 0) is 19.9 Å². The number of piperidine rings is 1. The van der Waals surface area contributed by atoms with E-state index < -0.39 is 0 Å². The van der Waals surface area contributed by atoms with E-state index in [1.165, 1.54) is 22.0 Å². The quantitative estimate of drug-likeness (QED) is 0.468. The minimum atomic E-state index is -0.168. The fourth-order valence-corrected chi connectivity index (χ4v) is 4.79. The molecule has 0 saturated carbocycles. The van der Waals surface area contributed by atoms with Crippen LogP contribution in [0.3, 0.4) is 0 Å². The van der Waals surface area contributed by atoms with Crippen molar-refractivity contribution >= 4 is 28.2 Å². The molecule has 0 N–H and O–H groups in total. The second kappa shape index (κ2) is 8.23. The Morgan fingerprint density at radius 3 is 2.52 bits per heavy atom. The Balaban J connectivity index is 1.46. The summed E-state index contributed by atoms with van der Waals surface area (Å²) in [5.41, 5.74) is 5.78. The van der Waals surface area contributed by atoms with Crippen molar-refractivity contribution in [3.8, 4) is 0 Å². The van der Waals surface area contributed by atoms with Gasteiger partial charge in [0.25, 0.3) is 0 Å². The third-order valence-corrected chi connectivity index (χ3v) is 6.60. The molecule has 1 fully saturated rings. The van der Waals surface area contributed by atoms with Gasteiger partial charge >= 0.3 is 0 Å². The van der Waals surface area contributed by atoms with Crippen LogP contribution in [0.1, 0.15) is 36.5 Å². The zero-order valence-electron chi connectivity index (χ0n) is 17.2. The molecule has 1 aliphatic rings. The Morgan fingerprint density at radius 1 is 1.17 bits per heavy atom. The molecule has 2 aromatic carbocycles. The molecule has 1 saturated heterocycles. The van der Waals surface area contributed by atoms with Gasteiger partial charge in [-0.05, 0) is 67.0 Å². The predicted molar refractivity (Wildman–Crippen MR) is 121 cm³/mol. The lowest BCUT2D eigenvalue weighted by Crippen LogP contribution is -2.33. The van der Waals surface area contributed by atoms with E-state index in [0.717, 1.165) is 55.1 Å². The van der Waals surface area contributed by atoms with Crippen molar-refractivity contribution in [3.63, 3.8) is 0 Å². The van der Waals surface area contributed by atoms with Crippen molar-refractivity contribution in [3.05, 3.63) is 76.7 Å². The molecule has 2 heterocycles. The van der Waals surface area contributed by atoms with Crippen molar-refractivity contribution in [1.82, 2.24) is 9.47 Å². The fourth-order valence-electron chi connectivity index (χ4n) is 4.52. The minimum absolute atomic E-state index is 0.168. The lowest BCUT2D eigenvalue weighted by molar-refractivity contribution is 0.254. The SMILES string of the molecule is C=C(c1cc2c(CC)cn(C)c2cc1Cl)N1CCC(Cc2ccc(F)cc2)CC1. The summed E-state index contributed by atoms with van der Waals surface area (Å²) in [4.78, 5) is 2.36. The Labute approximate surface area is 177 Å². The Morgan fingerprint density at radius 2 is 1.86 bits per heavy atom. The van der Waals surface area contributed by atoms with E-state index >= 15 is 0 Å². The van der Waals surface area contributed by atoms with Crippen LogP contribution in [0.5, 0.6) is 0 Å². The lowest BCUT2D eigenvalue weighted by Gasteiger charge is -2.35. The number of rotatable bonds is 5. The van der Waals surface area contributed by atoms with Gasteiger partial charge in [0, 0.05) is 48.5 Å². The summed E-state index contributed by atoms with van der Waals surface area (Å²) in [6, 6.07) is 11.2. The average molecular weight is 411 g/mol. The van der Waals surface area contributed by atoms with Crippen LogP contribution in [0.2, 0.25) is 5.02 Å². The summed E-state index contributed by atoms with van der Waals surface area (Å²) >= 11 is 6.66. The first-order valence-corrected chi connectivity index (χ1v) is 10.8. The van der Waals surface area contributed by atoms with Crippen LogP contribution in [0, 0.1) is 11.7 Å². The summed E-state index contributed by atoms with van der Waals surface area (Å²) in [6.45, 7) is 8.54. The zero-order chi connectivity index (χ0) is 20.5. The van der Waals surface area contributed by atoms with Gasteiger partial charge in [-0.15, -0.1) is 0 Å². The molecule has 2 nitrogen and oxygen atoms in total. The van der Waals surface area contributed by atoms with Crippen molar-refractivity contribution in [1.29, 1.82) is 0 Å². The highest BCUT2D eigenvalue weighted by Crippen LogP contribution is 2.34. The van der Waals surface area contributed by atoms with E-state index in [1.807, 2.05) is 12.1 Å². The van der Waals surface area contributed by atoms with Crippen LogP contribution in [0.25, 0.3) is 16.6 Å². The van der Waals surface area contributed by atoms with Gasteiger partial charge in [0.1, 0.15) is 5.82 Å². The molecule has 3 aromatic rings. The van der Waals surface area contributed by atoms with Gasteiger partial charge in [0.15, 0.2) is 0 Å². The Hall–Kier alpha value is -2.26. The number of hydrogen-bond acceptors (Lipinski definition) is 1. The molecule has 4 heteroatoms. The number of halogens is 2. The summed E-state index contributed by atoms with van der Waals surface area (Å²) in [5, 5.41) is 2.03. The smallest absolute Gasteiger partial charge is 0.123 e. The first-order chi connectivity index (χ1) is 14.0. The molecule has 0 atom stereocenters. The molecule has 0 unspecified atom stereocenters. The number of hydrogen-bond donors (Lipinski definition) is 0. The monoisotopic (exact) mass is 410 g/mol. The summed E-state index contributed by atoms with van der Waals surface area (Å²) in [5.74, 6) is 0.460. The fraction of sp³-hybridized carbons (Fsp3) is 0.360. The van der Waals surface area contributed by atoms with Crippen LogP contribution < -0.4 is 0 Å². The third kappa shape index (κ3) is 4.06. The Bertz CT molecular complexity index is 1030. The number of likely N-dealkylation sites (tertiary alicyclic amines) is 1. The Kier molecular flexibility index (Phi) is 5.69. The minimum Gasteiger partial charge on any atom is -0.371 e. The van der Waals surface area contributed by atoms with Gasteiger partial charge in [-0.3, -0.25) is 0 Å². The molecule has 0 amide bonds. The maximum atomic E-state index is 13.1. The molecule has 4 rings (SSSR count). The van der Waals surface area contributed by atoms with Gasteiger partial charge in [0.2, 0.25) is 0 Å². The number of fused-ring (bicyclic) bond motifs is 1. The molecule has 152 valence electrons. The highest BCUT2D eigenvalue weighted by molar-refractivity contribution is 6.33. The van der Waals surface area contributed by atoms with Crippen molar-refractivity contribution in [2.75, 3.05) is 13.1 Å². The summed E-state index contributed by atoms with van der Waals surface area (Å²) in [6.07, 6.45) is 6.43. The van der Waals surface area contributed by atoms with Crippen LogP contribution in [-0.4, -0.2) is 22.6 Å². The molecule has 29 heavy (non-hydrogen) atoms. The molecule has 0 aliphatic carbocycles. The zero-order valence-corrected chi connectivity index (χ0v) is 18.0. The van der Waals surface area contributed by atoms with Crippen LogP contribution in [0.15, 0.2) is 49.2 Å². The van der Waals surface area contributed by atoms with Crippen molar-refractivity contribution in [2.24, 2.45) is 13.0 Å². The van der Waals surface area contributed by atoms with E-state index in [-0.39, 0.29) is 5.82 Å². The molecular formula is C25H28ClFN2. The van der Waals surface area contributed by atoms with Gasteiger partial charge in [-0.1, -0.05) is 37.2 Å². The van der Waals surface area contributed by atoms with E-state index in [2.05, 4.69) is 48.3 Å². The number of aryl methyl sites for hydroxylation is 2. The van der Waals surface area contributed by atoms with Gasteiger partial charge in [-0.25, -0.2) is 4.39 Å². The van der Waals surface area contributed by atoms with Gasteiger partial charge < -0.3 is 9.47 Å². The van der Waals surface area contributed by atoms with Crippen LogP contribution in [0.4, 0.5) is 4.39 Å². The van der Waals surface area contributed by atoms with Crippen molar-refractivity contribution in [2.45, 2.75) is 32.6 Å². The number of aromatic nitrogens is 1. The van der Waals surface area contributed by atoms with Gasteiger partial charge in [0.05, 0.1) is 5.02 Å². The maximum absolute atomic E-state index is 13.1. The van der Waals surface area contributed by atoms with E-state index in [9.17, 15) is 4.39 Å². The summed E-state index contributed by atoms with van der Waals surface area (Å²) < 4.78 is 15.3. The second-order valence-corrected chi connectivity index (χ2v) is 8.58. The van der Waals surface area contributed by atoms with E-state index in [4.69, 9.17) is 11.6 Å². The average Bonchev–Trinajstić information content (AvgIpc) is 3.04. The van der Waals surface area contributed by atoms with Crippen LogP contribution >= 0.6 is 11.6 Å². The van der Waals surface area contributed by atoms with E-state index in [1.54, 1.807) is 12.1 Å². The number of benzene rings is 2. The normalized spacial score (nSPS) is 15.2. The second-order valence-electron chi connectivity index (χ2n) is 8.18. The predicted octanol–water partition coefficient (Wildman–Crippen LogP) is 6.46. The maximum Gasteiger partial charge on any atom is 0.123 e. The largest absolute Gasteiger partial charge is 0.371 e. The highest BCUT2D eigenvalue weighted by Gasteiger charge is 2.22. The van der Waals surface area contributed by atoms with Crippen molar-refractivity contribution < 1.29 is 4.39 Å². The topological polar surface area (TPSA) is 8.17 Å². The molecule has 1 aliphatic heterocycles. The van der Waals surface area contributed by atoms with Gasteiger partial charge in [-0.2, -0.15) is 0 Å². The molecule has 0 spiro atoms.